The molecule has 0 radical (unpaired) electrons. The Bertz CT molecular complexity index is 985. The summed E-state index contributed by atoms with van der Waals surface area (Å²) in [4.78, 5) is 24.8. The third-order valence-corrected chi connectivity index (χ3v) is 5.07. The van der Waals surface area contributed by atoms with Gasteiger partial charge in [-0.05, 0) is 42.6 Å². The number of carbonyl (C=O) groups excluding carboxylic acids is 2. The molecule has 0 fully saturated rings. The minimum absolute atomic E-state index is 0.257. The van der Waals surface area contributed by atoms with Crippen molar-refractivity contribution >= 4 is 33.3 Å². The van der Waals surface area contributed by atoms with Gasteiger partial charge < -0.3 is 14.8 Å². The van der Waals surface area contributed by atoms with Crippen molar-refractivity contribution in [2.24, 2.45) is 0 Å². The number of thiophene rings is 1. The van der Waals surface area contributed by atoms with Crippen molar-refractivity contribution in [1.29, 1.82) is 0 Å². The molecule has 1 atom stereocenters. The van der Waals surface area contributed by atoms with Gasteiger partial charge in [0.05, 0.1) is 7.11 Å². The number of nitrogens with one attached hydrogen (secondary N) is 1. The van der Waals surface area contributed by atoms with Gasteiger partial charge in [0.1, 0.15) is 16.4 Å². The van der Waals surface area contributed by atoms with Crippen molar-refractivity contribution < 1.29 is 23.5 Å². The molecule has 0 bridgehead atoms. The van der Waals surface area contributed by atoms with E-state index in [4.69, 9.17) is 9.47 Å². The first-order valence-electron chi connectivity index (χ1n) is 8.27. The number of carbonyl (C=O) groups is 2. The van der Waals surface area contributed by atoms with Crippen LogP contribution in [-0.2, 0) is 16.1 Å². The highest BCUT2D eigenvalue weighted by Crippen LogP contribution is 2.27. The molecule has 0 saturated heterocycles. The molecule has 1 N–H and O–H groups in total. The summed E-state index contributed by atoms with van der Waals surface area (Å²) in [5.41, 5.74) is 0.818. The summed E-state index contributed by atoms with van der Waals surface area (Å²) < 4.78 is 24.5. The number of hydrogen-bond acceptors (Lipinski definition) is 5. The van der Waals surface area contributed by atoms with Crippen molar-refractivity contribution in [2.75, 3.05) is 7.11 Å². The summed E-state index contributed by atoms with van der Waals surface area (Å²) in [6, 6.07) is 13.2. The van der Waals surface area contributed by atoms with E-state index >= 15 is 0 Å². The number of esters is 1. The third-order valence-electron chi connectivity index (χ3n) is 3.98. The van der Waals surface area contributed by atoms with Crippen LogP contribution in [0.15, 0.2) is 48.5 Å². The summed E-state index contributed by atoms with van der Waals surface area (Å²) in [5.74, 6) is -0.734. The molecule has 1 aromatic heterocycles. The number of ether oxygens (including phenoxy) is 2. The van der Waals surface area contributed by atoms with Crippen LogP contribution >= 0.6 is 11.3 Å². The Labute approximate surface area is 159 Å². The molecule has 3 aromatic rings. The second-order valence-corrected chi connectivity index (χ2v) is 6.95. The van der Waals surface area contributed by atoms with E-state index in [1.165, 1.54) is 30.4 Å². The van der Waals surface area contributed by atoms with E-state index < -0.39 is 18.0 Å². The Morgan fingerprint density at radius 2 is 1.96 bits per heavy atom. The molecule has 140 valence electrons. The molecule has 3 rings (SSSR count). The van der Waals surface area contributed by atoms with E-state index in [9.17, 15) is 14.0 Å². The van der Waals surface area contributed by atoms with E-state index in [-0.39, 0.29) is 12.4 Å². The van der Waals surface area contributed by atoms with Crippen molar-refractivity contribution in [3.05, 3.63) is 64.8 Å². The highest BCUT2D eigenvalue weighted by molar-refractivity contribution is 7.20. The minimum Gasteiger partial charge on any atom is -0.496 e. The maximum absolute atomic E-state index is 13.3. The van der Waals surface area contributed by atoms with Gasteiger partial charge in [-0.3, -0.25) is 4.79 Å². The highest BCUT2D eigenvalue weighted by atomic mass is 32.1. The Balaban J connectivity index is 1.60. The molecule has 1 amide bonds. The number of benzene rings is 2. The fraction of sp³-hybridized carbons (Fsp3) is 0.200. The summed E-state index contributed by atoms with van der Waals surface area (Å²) in [6.45, 7) is 1.76. The average Bonchev–Trinajstić information content (AvgIpc) is 3.09. The number of rotatable bonds is 6. The normalized spacial score (nSPS) is 11.8. The van der Waals surface area contributed by atoms with Gasteiger partial charge in [-0.2, -0.15) is 0 Å². The lowest BCUT2D eigenvalue weighted by atomic mass is 10.2. The van der Waals surface area contributed by atoms with E-state index in [0.29, 0.717) is 16.0 Å². The average molecular weight is 387 g/mol. The fourth-order valence-corrected chi connectivity index (χ4v) is 3.49. The zero-order valence-corrected chi connectivity index (χ0v) is 15.6. The number of halogens is 1. The van der Waals surface area contributed by atoms with Gasteiger partial charge >= 0.3 is 5.97 Å². The maximum Gasteiger partial charge on any atom is 0.349 e. The van der Waals surface area contributed by atoms with E-state index in [2.05, 4.69) is 5.32 Å². The third kappa shape index (κ3) is 4.43. The lowest BCUT2D eigenvalue weighted by molar-refractivity contribution is -0.129. The van der Waals surface area contributed by atoms with E-state index in [0.717, 1.165) is 10.3 Å². The first kappa shape index (κ1) is 18.8. The number of fused-ring (bicyclic) bond motifs is 1. The van der Waals surface area contributed by atoms with E-state index in [1.807, 2.05) is 18.2 Å². The Hall–Kier alpha value is -2.93. The molecule has 0 aliphatic rings. The first-order valence-corrected chi connectivity index (χ1v) is 9.09. The lowest BCUT2D eigenvalue weighted by Crippen LogP contribution is -2.35. The van der Waals surface area contributed by atoms with Crippen LogP contribution in [0.4, 0.5) is 4.39 Å². The molecule has 7 heteroatoms. The van der Waals surface area contributed by atoms with Crippen molar-refractivity contribution in [3.8, 4) is 5.75 Å². The van der Waals surface area contributed by atoms with E-state index in [1.54, 1.807) is 25.3 Å². The molecule has 2 aromatic carbocycles. The summed E-state index contributed by atoms with van der Waals surface area (Å²) in [7, 11) is 1.56. The van der Waals surface area contributed by atoms with Crippen molar-refractivity contribution in [2.45, 2.75) is 19.6 Å². The van der Waals surface area contributed by atoms with Gasteiger partial charge in [0, 0.05) is 16.8 Å². The highest BCUT2D eigenvalue weighted by Gasteiger charge is 2.20. The molecule has 0 unspecified atom stereocenters. The lowest BCUT2D eigenvalue weighted by Gasteiger charge is -2.14. The largest absolute Gasteiger partial charge is 0.496 e. The molecule has 0 spiro atoms. The van der Waals surface area contributed by atoms with Gasteiger partial charge in [-0.25, -0.2) is 9.18 Å². The molecule has 1 heterocycles. The Morgan fingerprint density at radius 3 is 2.74 bits per heavy atom. The fourth-order valence-electron chi connectivity index (χ4n) is 2.56. The Kier molecular flexibility index (Phi) is 5.71. The zero-order valence-electron chi connectivity index (χ0n) is 14.8. The van der Waals surface area contributed by atoms with Crippen LogP contribution in [0.1, 0.15) is 22.2 Å². The maximum atomic E-state index is 13.3. The number of methoxy groups -OCH3 is 1. The minimum atomic E-state index is -0.964. The zero-order chi connectivity index (χ0) is 19.4. The van der Waals surface area contributed by atoms with Crippen LogP contribution in [0.5, 0.6) is 5.75 Å². The molecule has 0 aliphatic carbocycles. The van der Waals surface area contributed by atoms with Crippen LogP contribution in [0.3, 0.4) is 0 Å². The molecular weight excluding hydrogens is 369 g/mol. The van der Waals surface area contributed by atoms with Crippen LogP contribution in [0.2, 0.25) is 0 Å². The SMILES string of the molecule is COc1ccccc1CNC(=O)[C@@H](C)OC(=O)c1cc2cc(F)ccc2s1. The summed E-state index contributed by atoms with van der Waals surface area (Å²) in [6.07, 6.45) is -0.964. The van der Waals surface area contributed by atoms with Crippen LogP contribution in [0.25, 0.3) is 10.1 Å². The molecule has 5 nitrogen and oxygen atoms in total. The van der Waals surface area contributed by atoms with Crippen LogP contribution in [0, 0.1) is 5.82 Å². The standard InChI is InChI=1S/C20H18FNO4S/c1-12(19(23)22-11-13-5-3-4-6-16(13)25-2)26-20(24)18-10-14-9-15(21)7-8-17(14)27-18/h3-10,12H,11H2,1-2H3,(H,22,23)/t12-/m1/s1. The first-order chi connectivity index (χ1) is 13.0. The van der Waals surface area contributed by atoms with Crippen LogP contribution < -0.4 is 10.1 Å². The van der Waals surface area contributed by atoms with Crippen LogP contribution in [-0.4, -0.2) is 25.1 Å². The monoisotopic (exact) mass is 387 g/mol. The topological polar surface area (TPSA) is 64.6 Å². The molecule has 0 saturated carbocycles. The van der Waals surface area contributed by atoms with Gasteiger partial charge in [-0.1, -0.05) is 18.2 Å². The number of amides is 1. The second-order valence-electron chi connectivity index (χ2n) is 5.87. The van der Waals surface area contributed by atoms with Crippen molar-refractivity contribution in [3.63, 3.8) is 0 Å². The summed E-state index contributed by atoms with van der Waals surface area (Å²) >= 11 is 1.19. The predicted octanol–water partition coefficient (Wildman–Crippen LogP) is 3.91. The van der Waals surface area contributed by atoms with Gasteiger partial charge in [0.15, 0.2) is 6.10 Å². The van der Waals surface area contributed by atoms with Gasteiger partial charge in [-0.15, -0.1) is 11.3 Å². The van der Waals surface area contributed by atoms with Gasteiger partial charge in [0.25, 0.3) is 5.91 Å². The number of para-hydroxylation sites is 1. The predicted molar refractivity (Wildman–Crippen MR) is 102 cm³/mol. The smallest absolute Gasteiger partial charge is 0.349 e. The Morgan fingerprint density at radius 1 is 1.19 bits per heavy atom. The quantitative estimate of drug-likeness (QED) is 0.652. The second kappa shape index (κ2) is 8.18. The van der Waals surface area contributed by atoms with Gasteiger partial charge in [0.2, 0.25) is 0 Å². The molecule has 0 aliphatic heterocycles. The molecule has 27 heavy (non-hydrogen) atoms. The number of hydrogen-bond donors (Lipinski definition) is 1. The summed E-state index contributed by atoms with van der Waals surface area (Å²) in [5, 5.41) is 3.35. The van der Waals surface area contributed by atoms with Crippen molar-refractivity contribution in [1.82, 2.24) is 5.32 Å². The molecular formula is C20H18FNO4S.